The Kier molecular flexibility index (Phi) is 5.68. The molecular weight excluding hydrogens is 324 g/mol. The molecule has 2 heterocycles. The van der Waals surface area contributed by atoms with Crippen molar-refractivity contribution in [2.24, 2.45) is 0 Å². The van der Waals surface area contributed by atoms with Crippen LogP contribution in [0.5, 0.6) is 0 Å². The van der Waals surface area contributed by atoms with Crippen LogP contribution in [0.15, 0.2) is 36.5 Å². The Morgan fingerprint density at radius 3 is 2.75 bits per heavy atom. The first-order valence-corrected chi connectivity index (χ1v) is 8.38. The quantitative estimate of drug-likeness (QED) is 0.811. The molecular formula is C17H20N4O2S. The number of aromatic nitrogens is 2. The molecule has 1 amide bonds. The summed E-state index contributed by atoms with van der Waals surface area (Å²) in [5.41, 5.74) is 1.33. The van der Waals surface area contributed by atoms with E-state index in [0.717, 1.165) is 38.4 Å². The summed E-state index contributed by atoms with van der Waals surface area (Å²) in [7, 11) is 0. The first-order valence-electron chi connectivity index (χ1n) is 7.97. The van der Waals surface area contributed by atoms with E-state index in [9.17, 15) is 4.79 Å². The lowest BCUT2D eigenvalue weighted by Gasteiger charge is -2.26. The summed E-state index contributed by atoms with van der Waals surface area (Å²) in [6.07, 6.45) is 1.53. The third kappa shape index (κ3) is 4.25. The van der Waals surface area contributed by atoms with Gasteiger partial charge < -0.3 is 15.0 Å². The van der Waals surface area contributed by atoms with Gasteiger partial charge >= 0.3 is 0 Å². The average Bonchev–Trinajstić information content (AvgIpc) is 2.63. The molecule has 1 aliphatic heterocycles. The molecule has 24 heavy (non-hydrogen) atoms. The van der Waals surface area contributed by atoms with E-state index >= 15 is 0 Å². The maximum absolute atomic E-state index is 12.3. The van der Waals surface area contributed by atoms with Crippen molar-refractivity contribution in [1.82, 2.24) is 20.2 Å². The van der Waals surface area contributed by atoms with Gasteiger partial charge in [-0.3, -0.25) is 9.69 Å². The fraction of sp³-hybridized carbons (Fsp3) is 0.353. The number of benzene rings is 1. The van der Waals surface area contributed by atoms with Crippen LogP contribution in [0.2, 0.25) is 0 Å². The Morgan fingerprint density at radius 1 is 1.29 bits per heavy atom. The second-order valence-electron chi connectivity index (χ2n) is 5.55. The summed E-state index contributed by atoms with van der Waals surface area (Å²) in [6, 6.07) is 9.68. The van der Waals surface area contributed by atoms with Crippen LogP contribution >= 0.6 is 12.2 Å². The average molecular weight is 344 g/mol. The third-order valence-electron chi connectivity index (χ3n) is 3.91. The lowest BCUT2D eigenvalue weighted by Crippen LogP contribution is -2.41. The highest BCUT2D eigenvalue weighted by molar-refractivity contribution is 7.71. The smallest absolute Gasteiger partial charge is 0.255 e. The second-order valence-corrected chi connectivity index (χ2v) is 5.96. The van der Waals surface area contributed by atoms with E-state index in [1.54, 1.807) is 0 Å². The SMILES string of the molecule is O=C(NCCN1CCOCC1)c1cnc(-c2ccccc2)[nH]c1=S. The fourth-order valence-corrected chi connectivity index (χ4v) is 2.79. The Hall–Kier alpha value is -2.09. The van der Waals surface area contributed by atoms with E-state index in [4.69, 9.17) is 17.0 Å². The minimum Gasteiger partial charge on any atom is -0.379 e. The number of ether oxygens (including phenoxy) is 1. The molecule has 6 nitrogen and oxygen atoms in total. The number of morpholine rings is 1. The normalized spacial score (nSPS) is 15.2. The maximum Gasteiger partial charge on any atom is 0.255 e. The van der Waals surface area contributed by atoms with Crippen molar-refractivity contribution < 1.29 is 9.53 Å². The largest absolute Gasteiger partial charge is 0.379 e. The molecule has 1 fully saturated rings. The third-order valence-corrected chi connectivity index (χ3v) is 4.23. The van der Waals surface area contributed by atoms with Gasteiger partial charge in [0.2, 0.25) is 0 Å². The molecule has 0 bridgehead atoms. The zero-order valence-corrected chi connectivity index (χ0v) is 14.1. The van der Waals surface area contributed by atoms with Crippen LogP contribution in [0.4, 0.5) is 0 Å². The first-order chi connectivity index (χ1) is 11.7. The maximum atomic E-state index is 12.3. The standard InChI is InChI=1S/C17H20N4O2S/c22-16(18-6-7-21-8-10-23-11-9-21)14-12-19-15(20-17(14)24)13-4-2-1-3-5-13/h1-5,12H,6-11H2,(H,18,22)(H,19,20,24). The van der Waals surface area contributed by atoms with Crippen LogP contribution in [0.3, 0.4) is 0 Å². The summed E-state index contributed by atoms with van der Waals surface area (Å²) in [6.45, 7) is 4.70. The molecule has 1 aromatic heterocycles. The van der Waals surface area contributed by atoms with E-state index < -0.39 is 0 Å². The fourth-order valence-electron chi connectivity index (χ4n) is 2.55. The van der Waals surface area contributed by atoms with Crippen molar-refractivity contribution in [3.8, 4) is 11.4 Å². The number of carbonyl (C=O) groups excluding carboxylic acids is 1. The highest BCUT2D eigenvalue weighted by Gasteiger charge is 2.12. The molecule has 0 radical (unpaired) electrons. The van der Waals surface area contributed by atoms with Crippen LogP contribution < -0.4 is 5.32 Å². The van der Waals surface area contributed by atoms with E-state index in [2.05, 4.69) is 20.2 Å². The van der Waals surface area contributed by atoms with Crippen molar-refractivity contribution in [3.05, 3.63) is 46.7 Å². The molecule has 1 aromatic carbocycles. The van der Waals surface area contributed by atoms with Gasteiger partial charge in [0.05, 0.1) is 18.8 Å². The molecule has 0 saturated carbocycles. The molecule has 7 heteroatoms. The van der Waals surface area contributed by atoms with E-state index in [1.807, 2.05) is 30.3 Å². The van der Waals surface area contributed by atoms with E-state index in [-0.39, 0.29) is 5.91 Å². The minimum absolute atomic E-state index is 0.198. The van der Waals surface area contributed by atoms with Crippen LogP contribution in [0.25, 0.3) is 11.4 Å². The van der Waals surface area contributed by atoms with Crippen molar-refractivity contribution in [2.45, 2.75) is 0 Å². The van der Waals surface area contributed by atoms with Gasteiger partial charge in [-0.2, -0.15) is 0 Å². The lowest BCUT2D eigenvalue weighted by molar-refractivity contribution is 0.0383. The summed E-state index contributed by atoms with van der Waals surface area (Å²) in [5.74, 6) is 0.460. The van der Waals surface area contributed by atoms with Crippen molar-refractivity contribution in [3.63, 3.8) is 0 Å². The van der Waals surface area contributed by atoms with Crippen molar-refractivity contribution in [1.29, 1.82) is 0 Å². The van der Waals surface area contributed by atoms with Crippen molar-refractivity contribution >= 4 is 18.1 Å². The van der Waals surface area contributed by atoms with Gasteiger partial charge in [-0.15, -0.1) is 0 Å². The van der Waals surface area contributed by atoms with Gasteiger partial charge in [-0.1, -0.05) is 42.5 Å². The number of aromatic amines is 1. The first kappa shape index (κ1) is 16.8. The molecule has 3 rings (SSSR count). The summed E-state index contributed by atoms with van der Waals surface area (Å²) >= 11 is 5.31. The van der Waals surface area contributed by atoms with E-state index in [1.165, 1.54) is 6.20 Å². The number of hydrogen-bond donors (Lipinski definition) is 2. The molecule has 1 aliphatic rings. The highest BCUT2D eigenvalue weighted by Crippen LogP contribution is 2.14. The number of hydrogen-bond acceptors (Lipinski definition) is 5. The van der Waals surface area contributed by atoms with Gasteiger partial charge in [0.15, 0.2) is 0 Å². The lowest BCUT2D eigenvalue weighted by atomic mass is 10.2. The Balaban J connectivity index is 1.59. The number of amides is 1. The molecule has 0 aliphatic carbocycles. The second kappa shape index (κ2) is 8.14. The van der Waals surface area contributed by atoms with Crippen LogP contribution in [-0.4, -0.2) is 60.2 Å². The van der Waals surface area contributed by atoms with Gasteiger partial charge in [0.1, 0.15) is 10.5 Å². The van der Waals surface area contributed by atoms with Gasteiger partial charge in [-0.25, -0.2) is 4.98 Å². The molecule has 0 unspecified atom stereocenters. The molecule has 2 aromatic rings. The van der Waals surface area contributed by atoms with Crippen LogP contribution in [-0.2, 0) is 4.74 Å². The predicted octanol–water partition coefficient (Wildman–Crippen LogP) is 1.87. The Morgan fingerprint density at radius 2 is 2.04 bits per heavy atom. The number of rotatable bonds is 5. The van der Waals surface area contributed by atoms with Crippen LogP contribution in [0.1, 0.15) is 10.4 Å². The number of H-pyrrole nitrogens is 1. The molecule has 2 N–H and O–H groups in total. The van der Waals surface area contributed by atoms with Gasteiger partial charge in [-0.05, 0) is 0 Å². The zero-order valence-electron chi connectivity index (χ0n) is 13.3. The van der Waals surface area contributed by atoms with Crippen molar-refractivity contribution in [2.75, 3.05) is 39.4 Å². The highest BCUT2D eigenvalue weighted by atomic mass is 32.1. The summed E-state index contributed by atoms with van der Waals surface area (Å²) in [5, 5.41) is 2.90. The Bertz CT molecular complexity index is 742. The topological polar surface area (TPSA) is 70.2 Å². The van der Waals surface area contributed by atoms with E-state index in [0.29, 0.717) is 22.6 Å². The summed E-state index contributed by atoms with van der Waals surface area (Å²) in [4.78, 5) is 21.9. The zero-order chi connectivity index (χ0) is 16.8. The van der Waals surface area contributed by atoms with Gasteiger partial charge in [0.25, 0.3) is 5.91 Å². The Labute approximate surface area is 145 Å². The molecule has 0 spiro atoms. The summed E-state index contributed by atoms with van der Waals surface area (Å²) < 4.78 is 5.70. The number of nitrogens with zero attached hydrogens (tertiary/aromatic N) is 2. The molecule has 126 valence electrons. The van der Waals surface area contributed by atoms with Gasteiger partial charge in [0, 0.05) is 37.9 Å². The minimum atomic E-state index is -0.198. The monoisotopic (exact) mass is 344 g/mol. The molecule has 1 saturated heterocycles. The predicted molar refractivity (Wildman–Crippen MR) is 94.4 cm³/mol. The number of carbonyl (C=O) groups is 1. The number of nitrogens with one attached hydrogen (secondary N) is 2. The molecule has 0 atom stereocenters. The van der Waals surface area contributed by atoms with Crippen LogP contribution in [0, 0.1) is 4.64 Å².